The fourth-order valence-corrected chi connectivity index (χ4v) is 2.56. The zero-order chi connectivity index (χ0) is 19.0. The first-order valence-electron chi connectivity index (χ1n) is 6.57. The van der Waals surface area contributed by atoms with Gasteiger partial charge in [0.2, 0.25) is 0 Å². The Morgan fingerprint density at radius 2 is 1.80 bits per heavy atom. The van der Waals surface area contributed by atoms with Gasteiger partial charge < -0.3 is 9.29 Å². The second-order valence-corrected chi connectivity index (χ2v) is 6.48. The number of hydrogen-bond acceptors (Lipinski definition) is 4. The van der Waals surface area contributed by atoms with Crippen molar-refractivity contribution in [3.8, 4) is 16.9 Å². The molecule has 0 aliphatic heterocycles. The van der Waals surface area contributed by atoms with E-state index in [1.807, 2.05) is 0 Å². The number of alkyl halides is 3. The molecule has 0 saturated heterocycles. The third-order valence-corrected chi connectivity index (χ3v) is 4.21. The van der Waals surface area contributed by atoms with Gasteiger partial charge >= 0.3 is 21.6 Å². The maximum atomic E-state index is 13.7. The second-order valence-electron chi connectivity index (χ2n) is 4.94. The Bertz CT molecular complexity index is 935. The molecule has 0 radical (unpaired) electrons. The highest BCUT2D eigenvalue weighted by Crippen LogP contribution is 2.32. The molecule has 1 N–H and O–H groups in total. The van der Waals surface area contributed by atoms with E-state index in [0.717, 1.165) is 12.1 Å². The van der Waals surface area contributed by atoms with Crippen LogP contribution in [0.5, 0.6) is 5.75 Å². The molecule has 5 nitrogen and oxygen atoms in total. The highest BCUT2D eigenvalue weighted by atomic mass is 32.2. The Hall–Kier alpha value is -2.62. The van der Waals surface area contributed by atoms with Crippen LogP contribution in [0.15, 0.2) is 36.4 Å². The van der Waals surface area contributed by atoms with Crippen molar-refractivity contribution < 1.29 is 40.1 Å². The smallest absolute Gasteiger partial charge is 0.478 e. The summed E-state index contributed by atoms with van der Waals surface area (Å²) in [7, 11) is -5.96. The fourth-order valence-electron chi connectivity index (χ4n) is 2.12. The van der Waals surface area contributed by atoms with Gasteiger partial charge in [-0.1, -0.05) is 12.1 Å². The van der Waals surface area contributed by atoms with Gasteiger partial charge in [-0.05, 0) is 41.8 Å². The van der Waals surface area contributed by atoms with Crippen LogP contribution in [0.25, 0.3) is 11.1 Å². The van der Waals surface area contributed by atoms with E-state index in [2.05, 4.69) is 4.18 Å². The van der Waals surface area contributed by atoms with E-state index < -0.39 is 33.2 Å². The van der Waals surface area contributed by atoms with E-state index in [-0.39, 0.29) is 22.3 Å². The molecule has 0 heterocycles. The number of benzene rings is 2. The summed E-state index contributed by atoms with van der Waals surface area (Å²) in [6.45, 7) is 1.43. The van der Waals surface area contributed by atoms with Gasteiger partial charge in [0, 0.05) is 6.07 Å². The lowest BCUT2D eigenvalue weighted by Crippen LogP contribution is -2.28. The van der Waals surface area contributed by atoms with Crippen molar-refractivity contribution in [3.63, 3.8) is 0 Å². The first kappa shape index (κ1) is 18.7. The molecule has 0 atom stereocenters. The van der Waals surface area contributed by atoms with Gasteiger partial charge in [0.25, 0.3) is 0 Å². The molecule has 2 aromatic carbocycles. The van der Waals surface area contributed by atoms with Gasteiger partial charge in [0.15, 0.2) is 0 Å². The van der Waals surface area contributed by atoms with E-state index >= 15 is 0 Å². The Kier molecular flexibility index (Phi) is 4.76. The van der Waals surface area contributed by atoms with E-state index in [1.165, 1.54) is 25.1 Å². The van der Waals surface area contributed by atoms with Crippen LogP contribution < -0.4 is 4.18 Å². The van der Waals surface area contributed by atoms with E-state index in [0.29, 0.717) is 6.07 Å². The molecule has 2 aromatic rings. The van der Waals surface area contributed by atoms with Crippen LogP contribution in [-0.4, -0.2) is 25.0 Å². The normalized spacial score (nSPS) is 12.0. The van der Waals surface area contributed by atoms with Gasteiger partial charge in [-0.3, -0.25) is 0 Å². The van der Waals surface area contributed by atoms with Crippen LogP contribution >= 0.6 is 0 Å². The summed E-state index contributed by atoms with van der Waals surface area (Å²) < 4.78 is 76.8. The molecule has 0 aromatic heterocycles. The van der Waals surface area contributed by atoms with Crippen LogP contribution in [0.4, 0.5) is 17.6 Å². The average Bonchev–Trinajstić information content (AvgIpc) is 2.44. The largest absolute Gasteiger partial charge is 0.534 e. The lowest BCUT2D eigenvalue weighted by molar-refractivity contribution is -0.0500. The molecular formula is C15H10F4O5S. The van der Waals surface area contributed by atoms with Gasteiger partial charge in [0.1, 0.15) is 11.6 Å². The lowest BCUT2D eigenvalue weighted by Gasteiger charge is -2.12. The first-order valence-corrected chi connectivity index (χ1v) is 7.98. The lowest BCUT2D eigenvalue weighted by atomic mass is 9.96. The number of rotatable bonds is 4. The molecule has 2 rings (SSSR count). The van der Waals surface area contributed by atoms with Crippen molar-refractivity contribution in [2.75, 3.05) is 0 Å². The monoisotopic (exact) mass is 378 g/mol. The second kappa shape index (κ2) is 6.36. The summed E-state index contributed by atoms with van der Waals surface area (Å²) in [6, 6.07) is 6.35. The van der Waals surface area contributed by atoms with Crippen molar-refractivity contribution in [1.29, 1.82) is 0 Å². The van der Waals surface area contributed by atoms with Gasteiger partial charge in [-0.25, -0.2) is 9.18 Å². The number of halogens is 4. The highest BCUT2D eigenvalue weighted by Gasteiger charge is 2.48. The minimum Gasteiger partial charge on any atom is -0.478 e. The summed E-state index contributed by atoms with van der Waals surface area (Å²) in [5.41, 5.74) is -5.36. The van der Waals surface area contributed by atoms with Crippen molar-refractivity contribution in [3.05, 3.63) is 53.3 Å². The molecule has 0 aliphatic rings. The standard InChI is InChI=1S/C15H10F4O5S/c1-8-12(3-2-4-13(8)14(20)21)9-5-10(16)7-11(6-9)24-25(22,23)15(17,18)19/h2-7H,1H3,(H,20,21). The maximum Gasteiger partial charge on any atom is 0.534 e. The fraction of sp³-hybridized carbons (Fsp3) is 0.133. The molecule has 0 aliphatic carbocycles. The number of aromatic carboxylic acids is 1. The minimum atomic E-state index is -5.96. The van der Waals surface area contributed by atoms with Crippen LogP contribution in [-0.2, 0) is 10.1 Å². The predicted octanol–water partition coefficient (Wildman–Crippen LogP) is 3.73. The number of carboxylic acid groups (broad SMARTS) is 1. The van der Waals surface area contributed by atoms with Crippen molar-refractivity contribution in [1.82, 2.24) is 0 Å². The Labute approximate surface area is 139 Å². The summed E-state index contributed by atoms with van der Waals surface area (Å²) in [5, 5.41) is 9.09. The summed E-state index contributed by atoms with van der Waals surface area (Å²) >= 11 is 0. The molecule has 0 unspecified atom stereocenters. The van der Waals surface area contributed by atoms with Crippen LogP contribution in [0.1, 0.15) is 15.9 Å². The highest BCUT2D eigenvalue weighted by molar-refractivity contribution is 7.88. The molecular weight excluding hydrogens is 368 g/mol. The van der Waals surface area contributed by atoms with Crippen molar-refractivity contribution in [2.45, 2.75) is 12.4 Å². The first-order chi connectivity index (χ1) is 11.4. The van der Waals surface area contributed by atoms with Gasteiger partial charge in [-0.15, -0.1) is 0 Å². The molecule has 0 spiro atoms. The maximum absolute atomic E-state index is 13.7. The SMILES string of the molecule is Cc1c(C(=O)O)cccc1-c1cc(F)cc(OS(=O)(=O)C(F)(F)F)c1. The van der Waals surface area contributed by atoms with Crippen LogP contribution in [0, 0.1) is 12.7 Å². The van der Waals surface area contributed by atoms with Gasteiger partial charge in [0.05, 0.1) is 5.56 Å². The van der Waals surface area contributed by atoms with Crippen LogP contribution in [0.3, 0.4) is 0 Å². The van der Waals surface area contributed by atoms with Crippen LogP contribution in [0.2, 0.25) is 0 Å². The van der Waals surface area contributed by atoms with E-state index in [1.54, 1.807) is 0 Å². The molecule has 25 heavy (non-hydrogen) atoms. The predicted molar refractivity (Wildman–Crippen MR) is 79.1 cm³/mol. The number of hydrogen-bond donors (Lipinski definition) is 1. The molecule has 0 saturated carbocycles. The van der Waals surface area contributed by atoms with Crippen molar-refractivity contribution >= 4 is 16.1 Å². The van der Waals surface area contributed by atoms with E-state index in [9.17, 15) is 30.8 Å². The molecule has 134 valence electrons. The topological polar surface area (TPSA) is 80.7 Å². The molecule has 10 heteroatoms. The minimum absolute atomic E-state index is 0.0343. The van der Waals surface area contributed by atoms with Gasteiger partial charge in [-0.2, -0.15) is 21.6 Å². The summed E-state index contributed by atoms with van der Waals surface area (Å²) in [5.74, 6) is -3.18. The van der Waals surface area contributed by atoms with E-state index in [4.69, 9.17) is 5.11 Å². The van der Waals surface area contributed by atoms with Crippen molar-refractivity contribution in [2.24, 2.45) is 0 Å². The molecule has 0 fully saturated rings. The summed E-state index contributed by atoms with van der Waals surface area (Å²) in [4.78, 5) is 11.1. The zero-order valence-corrected chi connectivity index (χ0v) is 13.3. The zero-order valence-electron chi connectivity index (χ0n) is 12.5. The number of carbonyl (C=O) groups is 1. The quantitative estimate of drug-likeness (QED) is 0.498. The molecule has 0 amide bonds. The average molecular weight is 378 g/mol. The molecule has 0 bridgehead atoms. The number of carboxylic acids is 1. The Morgan fingerprint density at radius 1 is 1.16 bits per heavy atom. The summed E-state index contributed by atoms with van der Waals surface area (Å²) in [6.07, 6.45) is 0. The third kappa shape index (κ3) is 3.90. The Balaban J connectivity index is 2.55. The Morgan fingerprint density at radius 3 is 2.36 bits per heavy atom. The third-order valence-electron chi connectivity index (χ3n) is 3.24.